The van der Waals surface area contributed by atoms with E-state index in [0.717, 1.165) is 34.3 Å². The van der Waals surface area contributed by atoms with Gasteiger partial charge in [0.05, 0.1) is 17.6 Å². The van der Waals surface area contributed by atoms with Crippen molar-refractivity contribution in [3.05, 3.63) is 111 Å². The molecule has 0 fully saturated rings. The van der Waals surface area contributed by atoms with Crippen molar-refractivity contribution in [1.82, 2.24) is 14.3 Å². The van der Waals surface area contributed by atoms with Crippen LogP contribution < -0.4 is 4.72 Å². The van der Waals surface area contributed by atoms with Crippen LogP contribution in [0.4, 0.5) is 0 Å². The molecule has 0 atom stereocenters. The third-order valence-corrected chi connectivity index (χ3v) is 7.21. The zero-order valence-electron chi connectivity index (χ0n) is 20.7. The Morgan fingerprint density at radius 3 is 2.51 bits per heavy atom. The molecule has 0 bridgehead atoms. The molecule has 8 heteroatoms. The second-order valence-electron chi connectivity index (χ2n) is 8.68. The number of carbonyl (C=O) groups is 1. The van der Waals surface area contributed by atoms with E-state index in [9.17, 15) is 13.2 Å². The molecule has 4 rings (SSSR count). The van der Waals surface area contributed by atoms with Gasteiger partial charge in [0, 0.05) is 16.0 Å². The second kappa shape index (κ2) is 11.6. The molecular formula is C29H28ClN3O3S. The van der Waals surface area contributed by atoms with Gasteiger partial charge in [0.2, 0.25) is 0 Å². The minimum absolute atomic E-state index is 0.230. The number of benzene rings is 3. The Kier molecular flexibility index (Phi) is 8.26. The van der Waals surface area contributed by atoms with Gasteiger partial charge in [-0.3, -0.25) is 4.79 Å². The molecule has 6 nitrogen and oxygen atoms in total. The number of nitrogens with zero attached hydrogens (tertiary/aromatic N) is 2. The molecule has 1 N–H and O–H groups in total. The van der Waals surface area contributed by atoms with Gasteiger partial charge in [-0.1, -0.05) is 85.6 Å². The molecule has 1 aromatic heterocycles. The Morgan fingerprint density at radius 1 is 1.03 bits per heavy atom. The van der Waals surface area contributed by atoms with Crippen molar-refractivity contribution in [3.8, 4) is 0 Å². The first-order valence-corrected chi connectivity index (χ1v) is 13.9. The van der Waals surface area contributed by atoms with E-state index in [-0.39, 0.29) is 5.56 Å². The molecule has 1 amide bonds. The average molecular weight is 534 g/mol. The van der Waals surface area contributed by atoms with Gasteiger partial charge in [-0.05, 0) is 54.3 Å². The number of aryl methyl sites for hydroxylation is 1. The van der Waals surface area contributed by atoms with Crippen LogP contribution in [0.15, 0.2) is 78.2 Å². The molecule has 0 spiro atoms. The molecule has 0 unspecified atom stereocenters. The topological polar surface area (TPSA) is 81.1 Å². The van der Waals surface area contributed by atoms with Crippen LogP contribution in [0.1, 0.15) is 52.6 Å². The number of amides is 1. The van der Waals surface area contributed by atoms with E-state index in [1.165, 1.54) is 6.08 Å². The predicted molar refractivity (Wildman–Crippen MR) is 151 cm³/mol. The summed E-state index contributed by atoms with van der Waals surface area (Å²) in [4.78, 5) is 17.3. The van der Waals surface area contributed by atoms with Gasteiger partial charge in [0.25, 0.3) is 15.9 Å². The number of fused-ring (bicyclic) bond motifs is 1. The van der Waals surface area contributed by atoms with E-state index in [1.807, 2.05) is 79.1 Å². The number of hydrogen-bond acceptors (Lipinski definition) is 4. The van der Waals surface area contributed by atoms with Crippen molar-refractivity contribution >= 4 is 50.7 Å². The van der Waals surface area contributed by atoms with Crippen molar-refractivity contribution in [2.24, 2.45) is 0 Å². The van der Waals surface area contributed by atoms with Gasteiger partial charge in [0.1, 0.15) is 5.82 Å². The van der Waals surface area contributed by atoms with Crippen LogP contribution in [-0.2, 0) is 16.6 Å². The van der Waals surface area contributed by atoms with E-state index in [2.05, 4.69) is 9.71 Å². The predicted octanol–water partition coefficient (Wildman–Crippen LogP) is 6.59. The van der Waals surface area contributed by atoms with Gasteiger partial charge in [-0.25, -0.2) is 18.1 Å². The fraction of sp³-hybridized carbons (Fsp3) is 0.172. The lowest BCUT2D eigenvalue weighted by Crippen LogP contribution is -2.28. The Hall–Kier alpha value is -3.68. The Balaban J connectivity index is 1.56. The summed E-state index contributed by atoms with van der Waals surface area (Å²) in [5.74, 6) is 0.0628. The van der Waals surface area contributed by atoms with Crippen LogP contribution in [0, 0.1) is 6.92 Å². The summed E-state index contributed by atoms with van der Waals surface area (Å²) >= 11 is 6.63. The van der Waals surface area contributed by atoms with Crippen LogP contribution in [0.5, 0.6) is 0 Å². The molecule has 0 saturated heterocycles. The first-order valence-electron chi connectivity index (χ1n) is 12.0. The normalized spacial score (nSPS) is 12.1. The summed E-state index contributed by atoms with van der Waals surface area (Å²) < 4.78 is 28.5. The highest BCUT2D eigenvalue weighted by Gasteiger charge is 2.16. The number of nitrogens with one attached hydrogen (secondary N) is 1. The smallest absolute Gasteiger partial charge is 0.265 e. The quantitative estimate of drug-likeness (QED) is 0.246. The van der Waals surface area contributed by atoms with Gasteiger partial charge >= 0.3 is 0 Å². The molecule has 190 valence electrons. The zero-order valence-corrected chi connectivity index (χ0v) is 22.3. The number of rotatable bonds is 9. The lowest BCUT2D eigenvalue weighted by Gasteiger charge is -2.10. The summed E-state index contributed by atoms with van der Waals surface area (Å²) in [6.07, 6.45) is 7.01. The number of imidazole rings is 1. The number of unbranched alkanes of at least 4 members (excludes halogenated alkanes) is 1. The lowest BCUT2D eigenvalue weighted by molar-refractivity contribution is 0.0982. The van der Waals surface area contributed by atoms with Crippen molar-refractivity contribution in [3.63, 3.8) is 0 Å². The van der Waals surface area contributed by atoms with Crippen LogP contribution in [0.25, 0.3) is 23.2 Å². The van der Waals surface area contributed by atoms with E-state index in [1.54, 1.807) is 18.2 Å². The lowest BCUT2D eigenvalue weighted by atomic mass is 10.1. The minimum Gasteiger partial charge on any atom is -0.324 e. The number of allylic oxidation sites excluding steroid dienone is 1. The molecule has 0 aliphatic rings. The largest absolute Gasteiger partial charge is 0.324 e. The highest BCUT2D eigenvalue weighted by molar-refractivity contribution is 7.92. The summed E-state index contributed by atoms with van der Waals surface area (Å²) in [6, 6.07) is 20.9. The van der Waals surface area contributed by atoms with Crippen LogP contribution in [0.3, 0.4) is 0 Å². The van der Waals surface area contributed by atoms with Crippen molar-refractivity contribution in [2.45, 2.75) is 33.2 Å². The summed E-state index contributed by atoms with van der Waals surface area (Å²) in [5, 5.41) is 1.65. The van der Waals surface area contributed by atoms with Crippen molar-refractivity contribution < 1.29 is 13.2 Å². The molecule has 3 aromatic carbocycles. The summed E-state index contributed by atoms with van der Waals surface area (Å²) in [7, 11) is -3.87. The number of halogens is 1. The highest BCUT2D eigenvalue weighted by Crippen LogP contribution is 2.24. The first-order chi connectivity index (χ1) is 17.8. The molecule has 4 aromatic rings. The second-order valence-corrected chi connectivity index (χ2v) is 10.7. The molecule has 0 aliphatic carbocycles. The molecule has 37 heavy (non-hydrogen) atoms. The monoisotopic (exact) mass is 533 g/mol. The van der Waals surface area contributed by atoms with Gasteiger partial charge in [-0.15, -0.1) is 0 Å². The van der Waals surface area contributed by atoms with Gasteiger partial charge < -0.3 is 4.57 Å². The fourth-order valence-corrected chi connectivity index (χ4v) is 4.97. The fourth-order valence-electron chi connectivity index (χ4n) is 3.89. The van der Waals surface area contributed by atoms with Crippen LogP contribution >= 0.6 is 11.6 Å². The van der Waals surface area contributed by atoms with E-state index < -0.39 is 15.9 Å². The third-order valence-electron chi connectivity index (χ3n) is 5.84. The average Bonchev–Trinajstić information content (AvgIpc) is 3.18. The van der Waals surface area contributed by atoms with Crippen LogP contribution in [0.2, 0.25) is 5.02 Å². The third kappa shape index (κ3) is 6.76. The Bertz CT molecular complexity index is 1590. The number of aromatic nitrogens is 2. The van der Waals surface area contributed by atoms with Gasteiger partial charge in [0.15, 0.2) is 0 Å². The maximum absolute atomic E-state index is 12.7. The van der Waals surface area contributed by atoms with E-state index >= 15 is 0 Å². The van der Waals surface area contributed by atoms with E-state index in [0.29, 0.717) is 29.0 Å². The van der Waals surface area contributed by atoms with Crippen molar-refractivity contribution in [2.75, 3.05) is 0 Å². The van der Waals surface area contributed by atoms with Gasteiger partial charge in [-0.2, -0.15) is 0 Å². The summed E-state index contributed by atoms with van der Waals surface area (Å²) in [6.45, 7) is 4.28. The zero-order chi connectivity index (χ0) is 26.4. The SMILES string of the molecule is CCC/C=C/S(=O)(=O)NC(=O)c1ccc2nc(C)n(Cc3ccc(/C=C/c4ccccc4)cc3Cl)c2c1. The number of hydrogen-bond donors (Lipinski definition) is 1. The molecule has 0 aliphatic heterocycles. The molecule has 0 radical (unpaired) electrons. The Labute approximate surface area is 222 Å². The van der Waals surface area contributed by atoms with E-state index in [4.69, 9.17) is 11.6 Å². The standard InChI is InChI=1S/C29H28ClN3O3S/c1-3-4-8-17-37(35,36)32-29(34)24-15-16-27-28(19-24)33(21(2)31-27)20-25-14-13-23(18-26(25)30)12-11-22-9-6-5-7-10-22/h5-19H,3-4,20H2,1-2H3,(H,32,34)/b12-11+,17-8+. The maximum atomic E-state index is 12.7. The Morgan fingerprint density at radius 2 is 1.78 bits per heavy atom. The molecule has 1 heterocycles. The van der Waals surface area contributed by atoms with Crippen molar-refractivity contribution in [1.29, 1.82) is 0 Å². The molecular weight excluding hydrogens is 506 g/mol. The first kappa shape index (κ1) is 26.4. The number of sulfonamides is 1. The summed E-state index contributed by atoms with van der Waals surface area (Å²) in [5.41, 5.74) is 4.64. The number of carbonyl (C=O) groups excluding carboxylic acids is 1. The van der Waals surface area contributed by atoms with Crippen LogP contribution in [-0.4, -0.2) is 23.9 Å². The molecule has 0 saturated carbocycles. The highest BCUT2D eigenvalue weighted by atomic mass is 35.5. The minimum atomic E-state index is -3.87. The maximum Gasteiger partial charge on any atom is 0.265 e.